The Kier molecular flexibility index (Phi) is 3.87. The summed E-state index contributed by atoms with van der Waals surface area (Å²) in [5.41, 5.74) is 3.11. The summed E-state index contributed by atoms with van der Waals surface area (Å²) in [5.74, 6) is -0.392. The standard InChI is InChI=1S/C17H16FN3O/c1-12-6-7-13(8-14(12)18)9-19-17(22)10-21-11-20-15-4-2-3-5-16(15)21/h2-8,11H,9-10H2,1H3,(H,19,22). The predicted octanol–water partition coefficient (Wildman–Crippen LogP) is 2.80. The first-order valence-corrected chi connectivity index (χ1v) is 7.05. The van der Waals surface area contributed by atoms with Crippen LogP contribution < -0.4 is 5.32 Å². The number of carbonyl (C=O) groups is 1. The van der Waals surface area contributed by atoms with E-state index in [1.807, 2.05) is 30.3 Å². The maximum Gasteiger partial charge on any atom is 0.240 e. The highest BCUT2D eigenvalue weighted by atomic mass is 19.1. The second kappa shape index (κ2) is 5.97. The number of aromatic nitrogens is 2. The Balaban J connectivity index is 1.64. The SMILES string of the molecule is Cc1ccc(CNC(=O)Cn2cnc3ccccc32)cc1F. The van der Waals surface area contributed by atoms with Crippen LogP contribution in [-0.2, 0) is 17.9 Å². The van der Waals surface area contributed by atoms with E-state index in [1.54, 1.807) is 23.9 Å². The Bertz CT molecular complexity index is 826. The summed E-state index contributed by atoms with van der Waals surface area (Å²) in [7, 11) is 0. The Labute approximate surface area is 127 Å². The number of para-hydroxylation sites is 2. The summed E-state index contributed by atoms with van der Waals surface area (Å²) >= 11 is 0. The van der Waals surface area contributed by atoms with Gasteiger partial charge in [0.05, 0.1) is 17.4 Å². The number of halogens is 1. The molecule has 0 aliphatic rings. The van der Waals surface area contributed by atoms with Crippen molar-refractivity contribution in [3.8, 4) is 0 Å². The molecule has 1 heterocycles. The fraction of sp³-hybridized carbons (Fsp3) is 0.176. The zero-order valence-electron chi connectivity index (χ0n) is 12.2. The number of nitrogens with zero attached hydrogens (tertiary/aromatic N) is 2. The molecule has 2 aromatic carbocycles. The summed E-state index contributed by atoms with van der Waals surface area (Å²) in [4.78, 5) is 16.3. The van der Waals surface area contributed by atoms with Crippen molar-refractivity contribution in [3.63, 3.8) is 0 Å². The number of fused-ring (bicyclic) bond motifs is 1. The van der Waals surface area contributed by atoms with Crippen LogP contribution in [0.2, 0.25) is 0 Å². The van der Waals surface area contributed by atoms with Crippen molar-refractivity contribution in [2.24, 2.45) is 0 Å². The van der Waals surface area contributed by atoms with E-state index in [2.05, 4.69) is 10.3 Å². The van der Waals surface area contributed by atoms with Crippen molar-refractivity contribution >= 4 is 16.9 Å². The van der Waals surface area contributed by atoms with Crippen LogP contribution in [0.15, 0.2) is 48.8 Å². The van der Waals surface area contributed by atoms with Gasteiger partial charge < -0.3 is 9.88 Å². The molecule has 0 aliphatic heterocycles. The van der Waals surface area contributed by atoms with Crippen LogP contribution in [0.3, 0.4) is 0 Å². The van der Waals surface area contributed by atoms with E-state index >= 15 is 0 Å². The topological polar surface area (TPSA) is 46.9 Å². The van der Waals surface area contributed by atoms with E-state index in [4.69, 9.17) is 0 Å². The number of carbonyl (C=O) groups excluding carboxylic acids is 1. The number of imidazole rings is 1. The normalized spacial score (nSPS) is 10.8. The van der Waals surface area contributed by atoms with Crippen LogP contribution in [0.5, 0.6) is 0 Å². The van der Waals surface area contributed by atoms with E-state index in [0.717, 1.165) is 16.6 Å². The van der Waals surface area contributed by atoms with Crippen molar-refractivity contribution in [2.45, 2.75) is 20.0 Å². The monoisotopic (exact) mass is 297 g/mol. The molecule has 0 bridgehead atoms. The van der Waals surface area contributed by atoms with Gasteiger partial charge in [-0.2, -0.15) is 0 Å². The lowest BCUT2D eigenvalue weighted by Gasteiger charge is -2.07. The van der Waals surface area contributed by atoms with Gasteiger partial charge in [0.25, 0.3) is 0 Å². The fourth-order valence-corrected chi connectivity index (χ4v) is 2.29. The van der Waals surface area contributed by atoms with E-state index < -0.39 is 0 Å². The number of rotatable bonds is 4. The highest BCUT2D eigenvalue weighted by Gasteiger charge is 2.07. The lowest BCUT2D eigenvalue weighted by molar-refractivity contribution is -0.121. The molecule has 0 aliphatic carbocycles. The molecule has 0 unspecified atom stereocenters. The second-order valence-electron chi connectivity index (χ2n) is 5.22. The summed E-state index contributed by atoms with van der Waals surface area (Å²) in [6, 6.07) is 12.6. The number of aryl methyl sites for hydroxylation is 1. The molecule has 1 aromatic heterocycles. The highest BCUT2D eigenvalue weighted by Crippen LogP contribution is 2.12. The number of hydrogen-bond acceptors (Lipinski definition) is 2. The molecule has 0 fully saturated rings. The molecule has 3 aromatic rings. The summed E-state index contributed by atoms with van der Waals surface area (Å²) in [6.45, 7) is 2.21. The minimum Gasteiger partial charge on any atom is -0.350 e. The van der Waals surface area contributed by atoms with Gasteiger partial charge in [0, 0.05) is 6.54 Å². The number of nitrogens with one attached hydrogen (secondary N) is 1. The molecule has 5 heteroatoms. The Morgan fingerprint density at radius 1 is 1.27 bits per heavy atom. The van der Waals surface area contributed by atoms with Gasteiger partial charge in [-0.25, -0.2) is 9.37 Å². The van der Waals surface area contributed by atoms with E-state index in [1.165, 1.54) is 6.07 Å². The van der Waals surface area contributed by atoms with Crippen molar-refractivity contribution in [3.05, 3.63) is 65.7 Å². The lowest BCUT2D eigenvalue weighted by Crippen LogP contribution is -2.26. The molecule has 0 saturated carbocycles. The van der Waals surface area contributed by atoms with Crippen molar-refractivity contribution in [1.29, 1.82) is 0 Å². The van der Waals surface area contributed by atoms with Gasteiger partial charge >= 0.3 is 0 Å². The van der Waals surface area contributed by atoms with E-state index in [0.29, 0.717) is 12.1 Å². The van der Waals surface area contributed by atoms with Gasteiger partial charge in [0.15, 0.2) is 0 Å². The van der Waals surface area contributed by atoms with Crippen LogP contribution in [-0.4, -0.2) is 15.5 Å². The average molecular weight is 297 g/mol. The molecule has 0 atom stereocenters. The molecule has 22 heavy (non-hydrogen) atoms. The second-order valence-corrected chi connectivity index (χ2v) is 5.22. The molecule has 4 nitrogen and oxygen atoms in total. The molecule has 0 spiro atoms. The molecule has 3 rings (SSSR count). The van der Waals surface area contributed by atoms with Crippen LogP contribution in [0, 0.1) is 12.7 Å². The first kappa shape index (κ1) is 14.3. The van der Waals surface area contributed by atoms with Crippen LogP contribution in [0.4, 0.5) is 4.39 Å². The zero-order valence-corrected chi connectivity index (χ0v) is 12.2. The fourth-order valence-electron chi connectivity index (χ4n) is 2.29. The van der Waals surface area contributed by atoms with Crippen molar-refractivity contribution < 1.29 is 9.18 Å². The molecule has 0 saturated heterocycles. The van der Waals surface area contributed by atoms with Gasteiger partial charge in [-0.1, -0.05) is 24.3 Å². The summed E-state index contributed by atoms with van der Waals surface area (Å²) < 4.78 is 15.3. The summed E-state index contributed by atoms with van der Waals surface area (Å²) in [6.07, 6.45) is 1.65. The minimum atomic E-state index is -0.257. The third kappa shape index (κ3) is 2.98. The Hall–Kier alpha value is -2.69. The molecule has 0 radical (unpaired) electrons. The van der Waals surface area contributed by atoms with Crippen molar-refractivity contribution in [1.82, 2.24) is 14.9 Å². The summed E-state index contributed by atoms with van der Waals surface area (Å²) in [5, 5.41) is 2.79. The Morgan fingerprint density at radius 2 is 2.09 bits per heavy atom. The van der Waals surface area contributed by atoms with E-state index in [-0.39, 0.29) is 18.3 Å². The van der Waals surface area contributed by atoms with Crippen LogP contribution in [0.25, 0.3) is 11.0 Å². The van der Waals surface area contributed by atoms with Gasteiger partial charge in [-0.3, -0.25) is 4.79 Å². The van der Waals surface area contributed by atoms with Gasteiger partial charge in [0.1, 0.15) is 12.4 Å². The maximum absolute atomic E-state index is 13.5. The maximum atomic E-state index is 13.5. The van der Waals surface area contributed by atoms with Crippen LogP contribution in [0.1, 0.15) is 11.1 Å². The van der Waals surface area contributed by atoms with Gasteiger partial charge in [-0.15, -0.1) is 0 Å². The molecule has 1 N–H and O–H groups in total. The molecule has 112 valence electrons. The molecule has 1 amide bonds. The minimum absolute atomic E-state index is 0.135. The van der Waals surface area contributed by atoms with Crippen LogP contribution >= 0.6 is 0 Å². The third-order valence-electron chi connectivity index (χ3n) is 3.57. The zero-order chi connectivity index (χ0) is 15.5. The lowest BCUT2D eigenvalue weighted by atomic mass is 10.1. The number of hydrogen-bond donors (Lipinski definition) is 1. The molecular formula is C17H16FN3O. The molecular weight excluding hydrogens is 281 g/mol. The predicted molar refractivity (Wildman–Crippen MR) is 82.7 cm³/mol. The Morgan fingerprint density at radius 3 is 2.91 bits per heavy atom. The van der Waals surface area contributed by atoms with E-state index in [9.17, 15) is 9.18 Å². The number of benzene rings is 2. The highest BCUT2D eigenvalue weighted by molar-refractivity contribution is 5.80. The number of amides is 1. The van der Waals surface area contributed by atoms with Crippen molar-refractivity contribution in [2.75, 3.05) is 0 Å². The largest absolute Gasteiger partial charge is 0.350 e. The quantitative estimate of drug-likeness (QED) is 0.805. The smallest absolute Gasteiger partial charge is 0.240 e. The third-order valence-corrected chi connectivity index (χ3v) is 3.57. The first-order valence-electron chi connectivity index (χ1n) is 7.05. The first-order chi connectivity index (χ1) is 10.6. The average Bonchev–Trinajstić information content (AvgIpc) is 2.92. The van der Waals surface area contributed by atoms with Gasteiger partial charge in [-0.05, 0) is 36.2 Å². The van der Waals surface area contributed by atoms with Gasteiger partial charge in [0.2, 0.25) is 5.91 Å².